The molecule has 0 aromatic rings. The molecule has 0 bridgehead atoms. The smallest absolute Gasteiger partial charge is 0.339 e. The molecular formula is C15H16O2. The van der Waals surface area contributed by atoms with Crippen LogP contribution in [-0.2, 0) is 6.42 Å². The van der Waals surface area contributed by atoms with Gasteiger partial charge in [0.2, 0.25) is 0 Å². The predicted octanol–water partition coefficient (Wildman–Crippen LogP) is 3.41. The second-order valence-corrected chi connectivity index (χ2v) is 5.14. The number of fused-ring (bicyclic) bond motifs is 2. The van der Waals surface area contributed by atoms with Gasteiger partial charge < -0.3 is 4.42 Å². The average Bonchev–Trinajstić information content (AvgIpc) is 2.71. The van der Waals surface area contributed by atoms with Crippen molar-refractivity contribution < 1.29 is 4.42 Å². The van der Waals surface area contributed by atoms with Gasteiger partial charge in [0.05, 0.1) is 0 Å². The van der Waals surface area contributed by atoms with Crippen molar-refractivity contribution in [2.24, 2.45) is 0 Å². The third-order valence-electron chi connectivity index (χ3n) is 4.01. The van der Waals surface area contributed by atoms with E-state index in [1.807, 2.05) is 13.0 Å². The molecule has 0 amide bonds. The molecular weight excluding hydrogens is 212 g/mol. The summed E-state index contributed by atoms with van der Waals surface area (Å²) in [6.07, 6.45) is 2.35. The zero-order chi connectivity index (χ0) is 12.2. The Hall–Kier alpha value is -1.57. The summed E-state index contributed by atoms with van der Waals surface area (Å²) in [5, 5.41) is 0. The van der Waals surface area contributed by atoms with Gasteiger partial charge in [-0.25, -0.2) is 4.79 Å². The summed E-state index contributed by atoms with van der Waals surface area (Å²) in [4.78, 5) is 11.6. The summed E-state index contributed by atoms with van der Waals surface area (Å²) >= 11 is 0. The summed E-state index contributed by atoms with van der Waals surface area (Å²) < 4.78 is 5.30. The Bertz CT molecular complexity index is 622. The second kappa shape index (κ2) is 3.46. The van der Waals surface area contributed by atoms with E-state index in [0.717, 1.165) is 23.3 Å². The van der Waals surface area contributed by atoms with Gasteiger partial charge in [-0.05, 0) is 61.4 Å². The van der Waals surface area contributed by atoms with Crippen LogP contribution in [0.4, 0.5) is 0 Å². The fraction of sp³-hybridized carbons (Fsp3) is 0.400. The topological polar surface area (TPSA) is 30.2 Å². The monoisotopic (exact) mass is 228 g/mol. The van der Waals surface area contributed by atoms with Crippen LogP contribution in [-0.4, -0.2) is 0 Å². The molecule has 0 fully saturated rings. The molecule has 1 aliphatic heterocycles. The lowest BCUT2D eigenvalue weighted by molar-refractivity contribution is 0.542. The van der Waals surface area contributed by atoms with Gasteiger partial charge in [0, 0.05) is 11.1 Å². The summed E-state index contributed by atoms with van der Waals surface area (Å²) in [5.74, 6) is 1.32. The zero-order valence-corrected chi connectivity index (χ0v) is 10.5. The molecule has 2 nitrogen and oxygen atoms in total. The largest absolute Gasteiger partial charge is 0.422 e. The lowest BCUT2D eigenvalue weighted by Gasteiger charge is -2.01. The minimum absolute atomic E-state index is 0.204. The lowest BCUT2D eigenvalue weighted by atomic mass is 10.0. The van der Waals surface area contributed by atoms with Gasteiger partial charge in [-0.15, -0.1) is 0 Å². The molecule has 0 aromatic heterocycles. The summed E-state index contributed by atoms with van der Waals surface area (Å²) in [5.41, 5.74) is 5.58. The molecule has 2 aliphatic carbocycles. The highest BCUT2D eigenvalue weighted by Gasteiger charge is 2.23. The van der Waals surface area contributed by atoms with Crippen LogP contribution in [0.3, 0.4) is 0 Å². The molecule has 0 radical (unpaired) electrons. The lowest BCUT2D eigenvalue weighted by Crippen LogP contribution is -1.94. The Balaban J connectivity index is 2.42. The van der Waals surface area contributed by atoms with Gasteiger partial charge in [0.25, 0.3) is 0 Å². The standard InChI is InChI=1S/C15H16O2/c1-8-4-5-11-9(2)6-14-13(7-12(8)11)10(3)15(16)17-14/h6-8H,4-5H2,1-3H3. The molecule has 2 heteroatoms. The number of hydrogen-bond acceptors (Lipinski definition) is 2. The fourth-order valence-electron chi connectivity index (χ4n) is 2.86. The average molecular weight is 228 g/mol. The van der Waals surface area contributed by atoms with E-state index in [1.54, 1.807) is 0 Å². The van der Waals surface area contributed by atoms with Gasteiger partial charge in [-0.1, -0.05) is 6.92 Å². The van der Waals surface area contributed by atoms with Gasteiger partial charge in [0.15, 0.2) is 0 Å². The predicted molar refractivity (Wildman–Crippen MR) is 67.8 cm³/mol. The van der Waals surface area contributed by atoms with Crippen LogP contribution >= 0.6 is 0 Å². The van der Waals surface area contributed by atoms with Crippen molar-refractivity contribution in [2.45, 2.75) is 39.5 Å². The molecule has 0 saturated carbocycles. The molecule has 0 saturated heterocycles. The van der Waals surface area contributed by atoms with E-state index in [9.17, 15) is 4.79 Å². The third kappa shape index (κ3) is 1.43. The van der Waals surface area contributed by atoms with Crippen LogP contribution in [0, 0.1) is 13.8 Å². The first kappa shape index (κ1) is 10.6. The maximum absolute atomic E-state index is 11.6. The van der Waals surface area contributed by atoms with Crippen LogP contribution < -0.4 is 5.63 Å². The molecule has 1 heterocycles. The Morgan fingerprint density at radius 1 is 1.29 bits per heavy atom. The van der Waals surface area contributed by atoms with E-state index in [1.165, 1.54) is 23.1 Å². The molecule has 88 valence electrons. The van der Waals surface area contributed by atoms with Crippen molar-refractivity contribution in [1.82, 2.24) is 0 Å². The quantitative estimate of drug-likeness (QED) is 0.691. The van der Waals surface area contributed by atoms with Crippen LogP contribution in [0.15, 0.2) is 21.3 Å². The summed E-state index contributed by atoms with van der Waals surface area (Å²) in [6, 6.07) is 4.18. The van der Waals surface area contributed by atoms with Crippen molar-refractivity contribution >= 4 is 0 Å². The van der Waals surface area contributed by atoms with Gasteiger partial charge in [-0.3, -0.25) is 0 Å². The Morgan fingerprint density at radius 2 is 2.06 bits per heavy atom. The van der Waals surface area contributed by atoms with E-state index in [-0.39, 0.29) is 5.63 Å². The normalized spacial score (nSPS) is 18.6. The van der Waals surface area contributed by atoms with Gasteiger partial charge in [0.1, 0.15) is 5.76 Å². The van der Waals surface area contributed by atoms with Crippen molar-refractivity contribution in [1.29, 1.82) is 0 Å². The Morgan fingerprint density at radius 3 is 2.82 bits per heavy atom. The van der Waals surface area contributed by atoms with E-state index >= 15 is 0 Å². The van der Waals surface area contributed by atoms with Crippen molar-refractivity contribution in [3.05, 3.63) is 44.8 Å². The molecule has 17 heavy (non-hydrogen) atoms. The number of rotatable bonds is 0. The Labute approximate surface area is 101 Å². The van der Waals surface area contributed by atoms with Crippen molar-refractivity contribution in [3.63, 3.8) is 0 Å². The van der Waals surface area contributed by atoms with Gasteiger partial charge in [-0.2, -0.15) is 0 Å². The maximum Gasteiger partial charge on any atom is 0.339 e. The Kier molecular flexibility index (Phi) is 2.15. The van der Waals surface area contributed by atoms with E-state index in [2.05, 4.69) is 19.9 Å². The number of furan rings is 1. The highest BCUT2D eigenvalue weighted by molar-refractivity contribution is 5.66. The van der Waals surface area contributed by atoms with Crippen molar-refractivity contribution in [3.8, 4) is 11.3 Å². The van der Waals surface area contributed by atoms with Gasteiger partial charge >= 0.3 is 5.63 Å². The SMILES string of the molecule is Cc1cc2oc(=O)c(C)c-2cc2c1CCC2C. The highest BCUT2D eigenvalue weighted by Crippen LogP contribution is 2.38. The molecule has 3 rings (SSSR count). The third-order valence-corrected chi connectivity index (χ3v) is 4.01. The molecule has 0 spiro atoms. The van der Waals surface area contributed by atoms with E-state index in [4.69, 9.17) is 4.42 Å². The van der Waals surface area contributed by atoms with Crippen LogP contribution in [0.5, 0.6) is 0 Å². The molecule has 1 atom stereocenters. The molecule has 1 unspecified atom stereocenters. The first-order valence-corrected chi connectivity index (χ1v) is 6.14. The van der Waals surface area contributed by atoms with Crippen LogP contribution in [0.2, 0.25) is 0 Å². The zero-order valence-electron chi connectivity index (χ0n) is 10.5. The van der Waals surface area contributed by atoms with E-state index in [0.29, 0.717) is 5.92 Å². The summed E-state index contributed by atoms with van der Waals surface area (Å²) in [6.45, 7) is 6.21. The fourth-order valence-corrected chi connectivity index (χ4v) is 2.86. The number of aryl methyl sites for hydroxylation is 1. The first-order chi connectivity index (χ1) is 8.08. The molecule has 3 aliphatic rings. The summed E-state index contributed by atoms with van der Waals surface area (Å²) in [7, 11) is 0. The maximum atomic E-state index is 11.6. The minimum atomic E-state index is -0.204. The van der Waals surface area contributed by atoms with Crippen LogP contribution in [0.25, 0.3) is 11.3 Å². The highest BCUT2D eigenvalue weighted by atomic mass is 16.4. The minimum Gasteiger partial charge on any atom is -0.422 e. The molecule has 0 aromatic carbocycles. The van der Waals surface area contributed by atoms with Crippen LogP contribution in [0.1, 0.15) is 41.5 Å². The van der Waals surface area contributed by atoms with Crippen molar-refractivity contribution in [2.75, 3.05) is 0 Å². The first-order valence-electron chi connectivity index (χ1n) is 6.14. The van der Waals surface area contributed by atoms with E-state index < -0.39 is 0 Å². The second-order valence-electron chi connectivity index (χ2n) is 5.14. The molecule has 0 N–H and O–H groups in total. The number of hydrogen-bond donors (Lipinski definition) is 0.